The van der Waals surface area contributed by atoms with Crippen LogP contribution in [0, 0.1) is 5.82 Å². The van der Waals surface area contributed by atoms with Crippen molar-refractivity contribution in [1.29, 1.82) is 0 Å². The Morgan fingerprint density at radius 1 is 1.57 bits per heavy atom. The van der Waals surface area contributed by atoms with Crippen molar-refractivity contribution in [2.45, 2.75) is 25.9 Å². The van der Waals surface area contributed by atoms with Crippen molar-refractivity contribution in [3.63, 3.8) is 0 Å². The van der Waals surface area contributed by atoms with Crippen LogP contribution in [0.4, 0.5) is 4.39 Å². The van der Waals surface area contributed by atoms with Crippen molar-refractivity contribution < 1.29 is 14.3 Å². The summed E-state index contributed by atoms with van der Waals surface area (Å²) in [5.41, 5.74) is 4.22. The van der Waals surface area contributed by atoms with Crippen molar-refractivity contribution in [3.05, 3.63) is 52.8 Å². The zero-order valence-electron chi connectivity index (χ0n) is 12.6. The Bertz CT molecular complexity index is 651. The van der Waals surface area contributed by atoms with Gasteiger partial charge in [-0.1, -0.05) is 23.7 Å². The van der Waals surface area contributed by atoms with Crippen molar-refractivity contribution in [1.82, 2.24) is 20.4 Å². The molecule has 0 aliphatic heterocycles. The molecule has 1 aromatic heterocycles. The predicted molar refractivity (Wildman–Crippen MR) is 83.9 cm³/mol. The van der Waals surface area contributed by atoms with Crippen LogP contribution < -0.4 is 5.43 Å². The van der Waals surface area contributed by atoms with Crippen LogP contribution in [0.2, 0.25) is 5.02 Å². The number of H-pyrrole nitrogens is 1. The highest BCUT2D eigenvalue weighted by Crippen LogP contribution is 2.19. The number of benzene rings is 1. The summed E-state index contributed by atoms with van der Waals surface area (Å²) >= 11 is 5.90. The normalized spacial score (nSPS) is 12.2. The van der Waals surface area contributed by atoms with Gasteiger partial charge in [-0.3, -0.25) is 9.80 Å². The van der Waals surface area contributed by atoms with Gasteiger partial charge in [0.15, 0.2) is 0 Å². The Kier molecular flexibility index (Phi) is 6.09. The number of halogens is 2. The molecule has 2 rings (SSSR count). The minimum atomic E-state index is -0.517. The maximum atomic E-state index is 13.4. The molecule has 8 heteroatoms. The number of amides is 1. The topological polar surface area (TPSA) is 81.2 Å². The highest BCUT2D eigenvalue weighted by atomic mass is 35.5. The molecule has 0 aliphatic carbocycles. The van der Waals surface area contributed by atoms with E-state index in [1.54, 1.807) is 18.3 Å². The van der Waals surface area contributed by atoms with E-state index >= 15 is 0 Å². The second-order valence-electron chi connectivity index (χ2n) is 5.05. The number of hydrazine groups is 1. The summed E-state index contributed by atoms with van der Waals surface area (Å²) in [7, 11) is 0. The van der Waals surface area contributed by atoms with Gasteiger partial charge in [-0.25, -0.2) is 14.8 Å². The average Bonchev–Trinajstić information content (AvgIpc) is 3.03. The number of aromatic nitrogens is 2. The molecule has 0 saturated heterocycles. The highest BCUT2D eigenvalue weighted by molar-refractivity contribution is 6.31. The third-order valence-electron chi connectivity index (χ3n) is 3.40. The van der Waals surface area contributed by atoms with Crippen LogP contribution in [-0.4, -0.2) is 38.6 Å². The van der Waals surface area contributed by atoms with Gasteiger partial charge in [0, 0.05) is 31.8 Å². The van der Waals surface area contributed by atoms with Crippen LogP contribution >= 0.6 is 11.6 Å². The molecule has 0 saturated carbocycles. The number of aliphatic hydroxyl groups is 1. The van der Waals surface area contributed by atoms with Gasteiger partial charge in [0.2, 0.25) is 5.91 Å². The number of imidazole rings is 1. The first-order chi connectivity index (χ1) is 11.0. The van der Waals surface area contributed by atoms with Gasteiger partial charge in [-0.15, -0.1) is 0 Å². The van der Waals surface area contributed by atoms with Gasteiger partial charge in [-0.2, -0.15) is 0 Å². The molecule has 0 aliphatic rings. The average molecular weight is 341 g/mol. The van der Waals surface area contributed by atoms with Crippen LogP contribution in [0.5, 0.6) is 0 Å². The second-order valence-corrected chi connectivity index (χ2v) is 5.43. The van der Waals surface area contributed by atoms with Crippen molar-refractivity contribution in [2.75, 3.05) is 6.61 Å². The molecule has 0 radical (unpaired) electrons. The van der Waals surface area contributed by atoms with E-state index in [0.29, 0.717) is 12.0 Å². The van der Waals surface area contributed by atoms with Crippen LogP contribution in [0.25, 0.3) is 0 Å². The largest absolute Gasteiger partial charge is 0.394 e. The summed E-state index contributed by atoms with van der Waals surface area (Å²) in [4.78, 5) is 18.7. The summed E-state index contributed by atoms with van der Waals surface area (Å²) in [6.07, 6.45) is 3.56. The second kappa shape index (κ2) is 8.05. The van der Waals surface area contributed by atoms with E-state index in [9.17, 15) is 14.3 Å². The molecule has 1 aromatic carbocycles. The Labute approximate surface area is 138 Å². The smallest absolute Gasteiger partial charge is 0.233 e. The van der Waals surface area contributed by atoms with Gasteiger partial charge in [-0.05, 0) is 11.6 Å². The SMILES string of the molecule is CC(=O)N(NCc1cccc(F)c1Cl)[C@H](CO)Cc1cnc[nH]1. The molecule has 2 aromatic rings. The van der Waals surface area contributed by atoms with Crippen molar-refractivity contribution >= 4 is 17.5 Å². The summed E-state index contributed by atoms with van der Waals surface area (Å²) < 4.78 is 13.4. The van der Waals surface area contributed by atoms with E-state index in [2.05, 4.69) is 15.4 Å². The number of nitrogens with zero attached hydrogens (tertiary/aromatic N) is 2. The third-order valence-corrected chi connectivity index (χ3v) is 3.82. The minimum Gasteiger partial charge on any atom is -0.394 e. The lowest BCUT2D eigenvalue weighted by Crippen LogP contribution is -2.50. The highest BCUT2D eigenvalue weighted by Gasteiger charge is 2.21. The number of carbonyl (C=O) groups is 1. The first-order valence-electron chi connectivity index (χ1n) is 7.07. The van der Waals surface area contributed by atoms with Gasteiger partial charge in [0.1, 0.15) is 5.82 Å². The van der Waals surface area contributed by atoms with E-state index < -0.39 is 11.9 Å². The molecule has 0 unspecified atom stereocenters. The molecule has 0 bridgehead atoms. The van der Waals surface area contributed by atoms with E-state index in [0.717, 1.165) is 5.69 Å². The summed E-state index contributed by atoms with van der Waals surface area (Å²) in [6, 6.07) is 3.99. The first kappa shape index (κ1) is 17.4. The molecule has 1 heterocycles. The van der Waals surface area contributed by atoms with Gasteiger partial charge in [0.25, 0.3) is 0 Å². The molecule has 1 atom stereocenters. The quantitative estimate of drug-likeness (QED) is 0.670. The van der Waals surface area contributed by atoms with E-state index in [-0.39, 0.29) is 24.1 Å². The predicted octanol–water partition coefficient (Wildman–Crippen LogP) is 1.66. The Morgan fingerprint density at radius 2 is 2.35 bits per heavy atom. The molecule has 0 spiro atoms. The van der Waals surface area contributed by atoms with E-state index in [4.69, 9.17) is 11.6 Å². The number of aliphatic hydroxyl groups excluding tert-OH is 1. The van der Waals surface area contributed by atoms with Crippen molar-refractivity contribution in [2.24, 2.45) is 0 Å². The van der Waals surface area contributed by atoms with Crippen LogP contribution in [-0.2, 0) is 17.8 Å². The molecule has 124 valence electrons. The van der Waals surface area contributed by atoms with Crippen LogP contribution in [0.1, 0.15) is 18.2 Å². The molecule has 6 nitrogen and oxygen atoms in total. The summed E-state index contributed by atoms with van der Waals surface area (Å²) in [6.45, 7) is 1.31. The fraction of sp³-hybridized carbons (Fsp3) is 0.333. The van der Waals surface area contributed by atoms with E-state index in [1.807, 2.05) is 0 Å². The number of hydrogen-bond acceptors (Lipinski definition) is 4. The molecule has 3 N–H and O–H groups in total. The molecular weight excluding hydrogens is 323 g/mol. The molecule has 23 heavy (non-hydrogen) atoms. The van der Waals surface area contributed by atoms with Crippen LogP contribution in [0.3, 0.4) is 0 Å². The lowest BCUT2D eigenvalue weighted by atomic mass is 10.1. The summed E-state index contributed by atoms with van der Waals surface area (Å²) in [5, 5.41) is 10.9. The standard InChI is InChI=1S/C15H18ClFN4O2/c1-10(23)21(13(8-22)5-12-7-18-9-19-12)20-6-11-3-2-4-14(17)15(11)16/h2-4,7,9,13,20,22H,5-6,8H2,1H3,(H,18,19)/t13-/m0/s1. The Morgan fingerprint density at radius 3 is 2.96 bits per heavy atom. The summed E-state index contributed by atoms with van der Waals surface area (Å²) in [5.74, 6) is -0.785. The maximum absolute atomic E-state index is 13.4. The number of aromatic amines is 1. The molecule has 0 fully saturated rings. The molecule has 1 amide bonds. The number of hydrogen-bond donors (Lipinski definition) is 3. The van der Waals surface area contributed by atoms with Crippen LogP contribution in [0.15, 0.2) is 30.7 Å². The lowest BCUT2D eigenvalue weighted by molar-refractivity contribution is -0.136. The number of rotatable bonds is 7. The molecular formula is C15H18ClFN4O2. The third kappa shape index (κ3) is 4.51. The zero-order chi connectivity index (χ0) is 16.8. The van der Waals surface area contributed by atoms with E-state index in [1.165, 1.54) is 24.3 Å². The minimum absolute atomic E-state index is 0.0117. The Balaban J connectivity index is 2.08. The van der Waals surface area contributed by atoms with Gasteiger partial charge >= 0.3 is 0 Å². The lowest BCUT2D eigenvalue weighted by Gasteiger charge is -2.30. The number of carbonyl (C=O) groups excluding carboxylic acids is 1. The van der Waals surface area contributed by atoms with Gasteiger partial charge in [0.05, 0.1) is 24.0 Å². The fourth-order valence-corrected chi connectivity index (χ4v) is 2.43. The van der Waals surface area contributed by atoms with Gasteiger partial charge < -0.3 is 10.1 Å². The fourth-order valence-electron chi connectivity index (χ4n) is 2.24. The number of nitrogens with one attached hydrogen (secondary N) is 2. The Hall–Kier alpha value is -1.96. The maximum Gasteiger partial charge on any atom is 0.233 e. The monoisotopic (exact) mass is 340 g/mol. The first-order valence-corrected chi connectivity index (χ1v) is 7.45. The van der Waals surface area contributed by atoms with Crippen molar-refractivity contribution in [3.8, 4) is 0 Å². The zero-order valence-corrected chi connectivity index (χ0v) is 13.3.